The van der Waals surface area contributed by atoms with Crippen LogP contribution in [-0.4, -0.2) is 19.2 Å². The molecule has 0 saturated heterocycles. The van der Waals surface area contributed by atoms with Gasteiger partial charge in [-0.1, -0.05) is 6.07 Å². The van der Waals surface area contributed by atoms with Crippen LogP contribution in [0, 0.1) is 13.8 Å². The van der Waals surface area contributed by atoms with Gasteiger partial charge in [0.15, 0.2) is 0 Å². The first-order valence-electron chi connectivity index (χ1n) is 6.72. The fourth-order valence-corrected chi connectivity index (χ4v) is 2.68. The van der Waals surface area contributed by atoms with Gasteiger partial charge in [-0.2, -0.15) is 0 Å². The standard InChI is InChI=1S/C16H19N3O/c1-10-13(9-20)8-16(18(10)3)12-5-6-15-14(7-12)17-11(2)19(15)4/h5-8,20H,9H2,1-4H3. The van der Waals surface area contributed by atoms with E-state index in [0.29, 0.717) is 0 Å². The van der Waals surface area contributed by atoms with Gasteiger partial charge >= 0.3 is 0 Å². The summed E-state index contributed by atoms with van der Waals surface area (Å²) in [6.07, 6.45) is 0. The quantitative estimate of drug-likeness (QED) is 0.777. The van der Waals surface area contributed by atoms with E-state index in [1.54, 1.807) is 0 Å². The summed E-state index contributed by atoms with van der Waals surface area (Å²) in [6.45, 7) is 4.11. The summed E-state index contributed by atoms with van der Waals surface area (Å²) < 4.78 is 4.21. The van der Waals surface area contributed by atoms with Crippen LogP contribution in [0.5, 0.6) is 0 Å². The summed E-state index contributed by atoms with van der Waals surface area (Å²) >= 11 is 0. The Balaban J connectivity index is 2.20. The second kappa shape index (κ2) is 4.49. The Morgan fingerprint density at radius 2 is 1.85 bits per heavy atom. The Bertz CT molecular complexity index is 796. The van der Waals surface area contributed by atoms with Crippen LogP contribution in [0.1, 0.15) is 17.1 Å². The number of rotatable bonds is 2. The van der Waals surface area contributed by atoms with Gasteiger partial charge in [0.1, 0.15) is 5.82 Å². The third-order valence-electron chi connectivity index (χ3n) is 4.21. The Morgan fingerprint density at radius 1 is 1.10 bits per heavy atom. The van der Waals surface area contributed by atoms with E-state index in [4.69, 9.17) is 0 Å². The maximum Gasteiger partial charge on any atom is 0.106 e. The Hall–Kier alpha value is -2.07. The summed E-state index contributed by atoms with van der Waals surface area (Å²) in [4.78, 5) is 4.58. The molecule has 4 nitrogen and oxygen atoms in total. The second-order valence-electron chi connectivity index (χ2n) is 5.28. The number of imidazole rings is 1. The van der Waals surface area contributed by atoms with E-state index >= 15 is 0 Å². The summed E-state index contributed by atoms with van der Waals surface area (Å²) in [5, 5.41) is 9.39. The molecule has 2 aromatic heterocycles. The number of hydrogen-bond donors (Lipinski definition) is 1. The zero-order valence-corrected chi connectivity index (χ0v) is 12.3. The zero-order chi connectivity index (χ0) is 14.4. The average Bonchev–Trinajstić information content (AvgIpc) is 2.89. The maximum absolute atomic E-state index is 9.39. The lowest BCUT2D eigenvalue weighted by Crippen LogP contribution is -1.95. The molecule has 104 valence electrons. The number of benzene rings is 1. The largest absolute Gasteiger partial charge is 0.392 e. The van der Waals surface area contributed by atoms with Crippen LogP contribution in [0.25, 0.3) is 22.3 Å². The van der Waals surface area contributed by atoms with Crippen LogP contribution < -0.4 is 0 Å². The first kappa shape index (κ1) is 12.9. The number of aliphatic hydroxyl groups excluding tert-OH is 1. The van der Waals surface area contributed by atoms with Gasteiger partial charge in [-0.3, -0.25) is 0 Å². The molecule has 20 heavy (non-hydrogen) atoms. The fraction of sp³-hybridized carbons (Fsp3) is 0.312. The average molecular weight is 269 g/mol. The monoisotopic (exact) mass is 269 g/mol. The second-order valence-corrected chi connectivity index (χ2v) is 5.28. The summed E-state index contributed by atoms with van der Waals surface area (Å²) in [6, 6.07) is 8.37. The number of aliphatic hydroxyl groups is 1. The zero-order valence-electron chi connectivity index (χ0n) is 12.3. The lowest BCUT2D eigenvalue weighted by atomic mass is 10.1. The molecule has 0 aliphatic carbocycles. The minimum absolute atomic E-state index is 0.0740. The third kappa shape index (κ3) is 1.76. The highest BCUT2D eigenvalue weighted by molar-refractivity contribution is 5.82. The topological polar surface area (TPSA) is 43.0 Å². The van der Waals surface area contributed by atoms with Crippen molar-refractivity contribution in [1.29, 1.82) is 0 Å². The summed E-state index contributed by atoms with van der Waals surface area (Å²) in [7, 11) is 4.05. The van der Waals surface area contributed by atoms with Crippen molar-refractivity contribution in [3.05, 3.63) is 41.3 Å². The van der Waals surface area contributed by atoms with Crippen molar-refractivity contribution in [3.8, 4) is 11.3 Å². The van der Waals surface area contributed by atoms with Gasteiger partial charge in [0, 0.05) is 31.0 Å². The van der Waals surface area contributed by atoms with Gasteiger partial charge in [-0.15, -0.1) is 0 Å². The van der Waals surface area contributed by atoms with E-state index in [9.17, 15) is 5.11 Å². The molecule has 0 amide bonds. The predicted octanol–water partition coefficient (Wildman–Crippen LogP) is 2.69. The van der Waals surface area contributed by atoms with Crippen molar-refractivity contribution >= 4 is 11.0 Å². The van der Waals surface area contributed by atoms with Crippen LogP contribution in [0.3, 0.4) is 0 Å². The van der Waals surface area contributed by atoms with E-state index in [0.717, 1.165) is 39.4 Å². The first-order valence-corrected chi connectivity index (χ1v) is 6.72. The molecule has 0 saturated carbocycles. The van der Waals surface area contributed by atoms with Crippen LogP contribution >= 0.6 is 0 Å². The molecule has 0 aliphatic rings. The minimum Gasteiger partial charge on any atom is -0.392 e. The first-order chi connectivity index (χ1) is 9.52. The van der Waals surface area contributed by atoms with Crippen molar-refractivity contribution in [2.24, 2.45) is 14.1 Å². The van der Waals surface area contributed by atoms with Crippen molar-refractivity contribution in [2.75, 3.05) is 0 Å². The smallest absolute Gasteiger partial charge is 0.106 e. The normalized spacial score (nSPS) is 11.4. The lowest BCUT2D eigenvalue weighted by Gasteiger charge is -2.05. The minimum atomic E-state index is 0.0740. The number of nitrogens with zero attached hydrogens (tertiary/aromatic N) is 3. The molecule has 0 unspecified atom stereocenters. The maximum atomic E-state index is 9.39. The van der Waals surface area contributed by atoms with Crippen LogP contribution in [-0.2, 0) is 20.7 Å². The van der Waals surface area contributed by atoms with Gasteiger partial charge < -0.3 is 14.2 Å². The molecule has 1 N–H and O–H groups in total. The number of aryl methyl sites for hydroxylation is 2. The molecule has 2 heterocycles. The Kier molecular flexibility index (Phi) is 2.91. The molecule has 0 radical (unpaired) electrons. The van der Waals surface area contributed by atoms with E-state index in [-0.39, 0.29) is 6.61 Å². The van der Waals surface area contributed by atoms with Gasteiger partial charge in [0.2, 0.25) is 0 Å². The molecule has 0 aliphatic heterocycles. The predicted molar refractivity (Wildman–Crippen MR) is 80.5 cm³/mol. The molecule has 3 rings (SSSR count). The van der Waals surface area contributed by atoms with Gasteiger partial charge in [0.25, 0.3) is 0 Å². The van der Waals surface area contributed by atoms with E-state index in [1.165, 1.54) is 0 Å². The number of fused-ring (bicyclic) bond motifs is 1. The molecule has 0 fully saturated rings. The third-order valence-corrected chi connectivity index (χ3v) is 4.21. The van der Waals surface area contributed by atoms with Crippen molar-refractivity contribution < 1.29 is 5.11 Å². The Morgan fingerprint density at radius 3 is 2.50 bits per heavy atom. The van der Waals surface area contributed by atoms with Crippen molar-refractivity contribution in [2.45, 2.75) is 20.5 Å². The number of hydrogen-bond acceptors (Lipinski definition) is 2. The highest BCUT2D eigenvalue weighted by Crippen LogP contribution is 2.27. The number of aromatic nitrogens is 3. The molecule has 1 aromatic carbocycles. The Labute approximate surface area is 118 Å². The fourth-order valence-electron chi connectivity index (χ4n) is 2.68. The summed E-state index contributed by atoms with van der Waals surface area (Å²) in [5.74, 6) is 1.01. The highest BCUT2D eigenvalue weighted by atomic mass is 16.3. The molecule has 0 atom stereocenters. The van der Waals surface area contributed by atoms with Crippen LogP contribution in [0.4, 0.5) is 0 Å². The summed E-state index contributed by atoms with van der Waals surface area (Å²) in [5.41, 5.74) is 6.45. The molecular weight excluding hydrogens is 250 g/mol. The molecule has 0 spiro atoms. The molecular formula is C16H19N3O. The van der Waals surface area contributed by atoms with E-state index in [2.05, 4.69) is 32.3 Å². The van der Waals surface area contributed by atoms with Crippen molar-refractivity contribution in [3.63, 3.8) is 0 Å². The lowest BCUT2D eigenvalue weighted by molar-refractivity contribution is 0.281. The van der Waals surface area contributed by atoms with Crippen molar-refractivity contribution in [1.82, 2.24) is 14.1 Å². The molecule has 0 bridgehead atoms. The highest BCUT2D eigenvalue weighted by Gasteiger charge is 2.12. The van der Waals surface area contributed by atoms with E-state index in [1.807, 2.05) is 34.0 Å². The van der Waals surface area contributed by atoms with Crippen LogP contribution in [0.15, 0.2) is 24.3 Å². The van der Waals surface area contributed by atoms with E-state index < -0.39 is 0 Å². The van der Waals surface area contributed by atoms with Gasteiger partial charge in [-0.05, 0) is 37.6 Å². The molecule has 3 aromatic rings. The van der Waals surface area contributed by atoms with Gasteiger partial charge in [0.05, 0.1) is 17.6 Å². The van der Waals surface area contributed by atoms with Gasteiger partial charge in [-0.25, -0.2) is 4.98 Å². The SMILES string of the molecule is Cc1c(CO)cc(-c2ccc3c(c2)nc(C)n3C)n1C. The molecule has 4 heteroatoms. The van der Waals surface area contributed by atoms with Crippen LogP contribution in [0.2, 0.25) is 0 Å².